The van der Waals surface area contributed by atoms with Gasteiger partial charge in [-0.2, -0.15) is 0 Å². The molecule has 0 spiro atoms. The van der Waals surface area contributed by atoms with Gasteiger partial charge in [0.15, 0.2) is 0 Å². The third kappa shape index (κ3) is 5.36. The second-order valence-corrected chi connectivity index (χ2v) is 3.61. The van der Waals surface area contributed by atoms with Crippen LogP contribution in [-0.2, 0) is 20.9 Å². The maximum Gasteiger partial charge on any atom is 0.306 e. The van der Waals surface area contributed by atoms with Gasteiger partial charge in [-0.25, -0.2) is 0 Å². The maximum atomic E-state index is 11.3. The van der Waals surface area contributed by atoms with E-state index in [0.29, 0.717) is 19.4 Å². The fourth-order valence-electron chi connectivity index (χ4n) is 1.36. The molecule has 0 saturated heterocycles. The summed E-state index contributed by atoms with van der Waals surface area (Å²) in [7, 11) is 3.22. The highest BCUT2D eigenvalue weighted by Crippen LogP contribution is 2.13. The van der Waals surface area contributed by atoms with Crippen molar-refractivity contribution in [2.24, 2.45) is 0 Å². The van der Waals surface area contributed by atoms with Crippen LogP contribution in [0, 0.1) is 0 Å². The Morgan fingerprint density at radius 1 is 1.29 bits per heavy atom. The Labute approximate surface area is 101 Å². The van der Waals surface area contributed by atoms with Crippen LogP contribution >= 0.6 is 0 Å². The quantitative estimate of drug-likeness (QED) is 0.539. The first kappa shape index (κ1) is 13.5. The molecule has 0 saturated carbocycles. The third-order valence-electron chi connectivity index (χ3n) is 2.26. The van der Waals surface area contributed by atoms with E-state index in [-0.39, 0.29) is 12.6 Å². The molecule has 0 aliphatic rings. The van der Waals surface area contributed by atoms with E-state index in [1.807, 2.05) is 24.3 Å². The largest absolute Gasteiger partial charge is 0.497 e. The van der Waals surface area contributed by atoms with E-state index >= 15 is 0 Å². The summed E-state index contributed by atoms with van der Waals surface area (Å²) in [6, 6.07) is 7.46. The van der Waals surface area contributed by atoms with Gasteiger partial charge < -0.3 is 14.2 Å². The van der Waals surface area contributed by atoms with Crippen LogP contribution in [0.4, 0.5) is 0 Å². The van der Waals surface area contributed by atoms with Crippen molar-refractivity contribution in [2.75, 3.05) is 20.8 Å². The molecule has 0 aromatic heterocycles. The van der Waals surface area contributed by atoms with Gasteiger partial charge in [-0.1, -0.05) is 12.1 Å². The monoisotopic (exact) mass is 238 g/mol. The molecule has 0 amide bonds. The minimum atomic E-state index is -0.204. The van der Waals surface area contributed by atoms with E-state index < -0.39 is 0 Å². The summed E-state index contributed by atoms with van der Waals surface area (Å²) in [5.41, 5.74) is 0.921. The van der Waals surface area contributed by atoms with Gasteiger partial charge in [0.25, 0.3) is 0 Å². The van der Waals surface area contributed by atoms with Crippen LogP contribution in [-0.4, -0.2) is 26.8 Å². The van der Waals surface area contributed by atoms with Gasteiger partial charge in [0.2, 0.25) is 0 Å². The van der Waals surface area contributed by atoms with E-state index in [1.54, 1.807) is 14.2 Å². The Bertz CT molecular complexity index is 349. The van der Waals surface area contributed by atoms with Crippen molar-refractivity contribution in [1.29, 1.82) is 0 Å². The third-order valence-corrected chi connectivity index (χ3v) is 2.26. The molecule has 4 nitrogen and oxygen atoms in total. The Hall–Kier alpha value is -1.55. The lowest BCUT2D eigenvalue weighted by Crippen LogP contribution is -2.05. The van der Waals surface area contributed by atoms with Gasteiger partial charge in [0, 0.05) is 20.1 Å². The molecular formula is C13H18O4. The summed E-state index contributed by atoms with van der Waals surface area (Å²) in [5.74, 6) is 0.558. The molecule has 1 rings (SSSR count). The number of ether oxygens (including phenoxy) is 3. The zero-order chi connectivity index (χ0) is 12.5. The lowest BCUT2D eigenvalue weighted by atomic mass is 10.2. The van der Waals surface area contributed by atoms with Crippen molar-refractivity contribution < 1.29 is 19.0 Å². The van der Waals surface area contributed by atoms with Crippen LogP contribution in [0.1, 0.15) is 18.4 Å². The first-order valence-corrected chi connectivity index (χ1v) is 5.53. The minimum absolute atomic E-state index is 0.204. The van der Waals surface area contributed by atoms with Gasteiger partial charge >= 0.3 is 5.97 Å². The van der Waals surface area contributed by atoms with E-state index in [1.165, 1.54) is 0 Å². The van der Waals surface area contributed by atoms with E-state index in [2.05, 4.69) is 0 Å². The maximum absolute atomic E-state index is 11.3. The van der Waals surface area contributed by atoms with Crippen molar-refractivity contribution in [1.82, 2.24) is 0 Å². The molecule has 1 aromatic carbocycles. The molecule has 0 aliphatic carbocycles. The predicted octanol–water partition coefficient (Wildman–Crippen LogP) is 2.17. The number of hydrogen-bond acceptors (Lipinski definition) is 4. The Morgan fingerprint density at radius 2 is 2.12 bits per heavy atom. The second kappa shape index (κ2) is 7.68. The van der Waals surface area contributed by atoms with Crippen LogP contribution in [0.15, 0.2) is 24.3 Å². The molecule has 1 aromatic rings. The highest BCUT2D eigenvalue weighted by molar-refractivity contribution is 5.69. The summed E-state index contributed by atoms with van der Waals surface area (Å²) in [6.07, 6.45) is 1.07. The number of rotatable bonds is 7. The molecule has 94 valence electrons. The number of methoxy groups -OCH3 is 2. The molecule has 0 unspecified atom stereocenters. The summed E-state index contributed by atoms with van der Waals surface area (Å²) in [4.78, 5) is 11.3. The van der Waals surface area contributed by atoms with Gasteiger partial charge in [-0.05, 0) is 24.1 Å². The molecule has 0 N–H and O–H groups in total. The molecule has 0 fully saturated rings. The first-order valence-electron chi connectivity index (χ1n) is 5.53. The van der Waals surface area contributed by atoms with Gasteiger partial charge in [-0.3, -0.25) is 4.79 Å². The van der Waals surface area contributed by atoms with Crippen molar-refractivity contribution in [3.63, 3.8) is 0 Å². The average molecular weight is 238 g/mol. The number of carbonyl (C=O) groups excluding carboxylic acids is 1. The Balaban J connectivity index is 2.31. The normalized spacial score (nSPS) is 10.0. The molecular weight excluding hydrogens is 220 g/mol. The molecule has 0 atom stereocenters. The van der Waals surface area contributed by atoms with Crippen molar-refractivity contribution >= 4 is 5.97 Å². The van der Waals surface area contributed by atoms with Crippen molar-refractivity contribution in [2.45, 2.75) is 19.4 Å². The average Bonchev–Trinajstić information content (AvgIpc) is 2.37. The SMILES string of the molecule is COCCCC(=O)OCc1cccc(OC)c1. The van der Waals surface area contributed by atoms with E-state index in [4.69, 9.17) is 14.2 Å². The standard InChI is InChI=1S/C13H18O4/c1-15-8-4-7-13(14)17-10-11-5-3-6-12(9-11)16-2/h3,5-6,9H,4,7-8,10H2,1-2H3. The van der Waals surface area contributed by atoms with E-state index in [9.17, 15) is 4.79 Å². The summed E-state index contributed by atoms with van der Waals surface area (Å²) in [6.45, 7) is 0.858. The van der Waals surface area contributed by atoms with Crippen LogP contribution in [0.5, 0.6) is 5.75 Å². The first-order chi connectivity index (χ1) is 8.26. The fourth-order valence-corrected chi connectivity index (χ4v) is 1.36. The Kier molecular flexibility index (Phi) is 6.10. The van der Waals surface area contributed by atoms with Gasteiger partial charge in [0.05, 0.1) is 7.11 Å². The van der Waals surface area contributed by atoms with Crippen molar-refractivity contribution in [3.8, 4) is 5.75 Å². The molecule has 0 heterocycles. The lowest BCUT2D eigenvalue weighted by Gasteiger charge is -2.06. The summed E-state index contributed by atoms with van der Waals surface area (Å²) in [5, 5.41) is 0. The van der Waals surface area contributed by atoms with Gasteiger partial charge in [-0.15, -0.1) is 0 Å². The zero-order valence-corrected chi connectivity index (χ0v) is 10.3. The smallest absolute Gasteiger partial charge is 0.306 e. The number of carbonyl (C=O) groups is 1. The van der Waals surface area contributed by atoms with Crippen LogP contribution in [0.3, 0.4) is 0 Å². The Morgan fingerprint density at radius 3 is 2.82 bits per heavy atom. The molecule has 17 heavy (non-hydrogen) atoms. The summed E-state index contributed by atoms with van der Waals surface area (Å²) >= 11 is 0. The molecule has 0 radical (unpaired) electrons. The minimum Gasteiger partial charge on any atom is -0.497 e. The molecule has 0 aliphatic heterocycles. The van der Waals surface area contributed by atoms with Crippen LogP contribution < -0.4 is 4.74 Å². The van der Waals surface area contributed by atoms with E-state index in [0.717, 1.165) is 11.3 Å². The predicted molar refractivity (Wildman–Crippen MR) is 63.9 cm³/mol. The molecule has 4 heteroatoms. The zero-order valence-electron chi connectivity index (χ0n) is 10.3. The number of benzene rings is 1. The second-order valence-electron chi connectivity index (χ2n) is 3.61. The highest BCUT2D eigenvalue weighted by atomic mass is 16.5. The summed E-state index contributed by atoms with van der Waals surface area (Å²) < 4.78 is 15.1. The molecule has 0 bridgehead atoms. The van der Waals surface area contributed by atoms with Crippen LogP contribution in [0.2, 0.25) is 0 Å². The van der Waals surface area contributed by atoms with Crippen LogP contribution in [0.25, 0.3) is 0 Å². The lowest BCUT2D eigenvalue weighted by molar-refractivity contribution is -0.145. The van der Waals surface area contributed by atoms with Gasteiger partial charge in [0.1, 0.15) is 12.4 Å². The fraction of sp³-hybridized carbons (Fsp3) is 0.462. The highest BCUT2D eigenvalue weighted by Gasteiger charge is 2.03. The van der Waals surface area contributed by atoms with Crippen molar-refractivity contribution in [3.05, 3.63) is 29.8 Å². The topological polar surface area (TPSA) is 44.8 Å². The number of esters is 1. The number of hydrogen-bond donors (Lipinski definition) is 0.